The van der Waals surface area contributed by atoms with Gasteiger partial charge in [-0.15, -0.1) is 5.10 Å². The van der Waals surface area contributed by atoms with E-state index in [0.29, 0.717) is 31.6 Å². The van der Waals surface area contributed by atoms with Crippen molar-refractivity contribution < 1.29 is 23.9 Å². The van der Waals surface area contributed by atoms with E-state index < -0.39 is 0 Å². The number of aromatic nitrogens is 3. The first kappa shape index (κ1) is 27.2. The Kier molecular flexibility index (Phi) is 9.26. The van der Waals surface area contributed by atoms with Crippen LogP contribution >= 0.6 is 56.9 Å². The number of thioether (sulfide) groups is 1. The molecular weight excluding hydrogens is 720 g/mol. The van der Waals surface area contributed by atoms with Crippen LogP contribution < -0.4 is 24.6 Å². The zero-order chi connectivity index (χ0) is 26.4. The van der Waals surface area contributed by atoms with E-state index in [-0.39, 0.29) is 17.4 Å². The molecule has 2 N–H and O–H groups in total. The second-order valence-electron chi connectivity index (χ2n) is 7.48. The molecule has 3 aromatic carbocycles. The Morgan fingerprint density at radius 1 is 1.14 bits per heavy atom. The van der Waals surface area contributed by atoms with Gasteiger partial charge >= 0.3 is 5.16 Å². The first-order valence-electron chi connectivity index (χ1n) is 10.8. The number of H-pyrrole nitrogens is 1. The lowest BCUT2D eigenvalue weighted by Gasteiger charge is -2.13. The fourth-order valence-corrected chi connectivity index (χ4v) is 6.05. The van der Waals surface area contributed by atoms with Crippen molar-refractivity contribution in [1.29, 1.82) is 0 Å². The molecular formula is C25H21I2N5O4S. The van der Waals surface area contributed by atoms with Gasteiger partial charge in [-0.2, -0.15) is 9.67 Å². The molecule has 4 rings (SSSR count). The number of aromatic amines is 1. The number of nitrogens with one attached hydrogen (secondary N) is 2. The van der Waals surface area contributed by atoms with Gasteiger partial charge in [-0.3, -0.25) is 4.79 Å². The number of hydrogen-bond acceptors (Lipinski definition) is 7. The average Bonchev–Trinajstić information content (AvgIpc) is 3.34. The zero-order valence-electron chi connectivity index (χ0n) is 19.7. The summed E-state index contributed by atoms with van der Waals surface area (Å²) in [5.41, 5.74) is 4.60. The van der Waals surface area contributed by atoms with Gasteiger partial charge in [0.1, 0.15) is 5.69 Å². The van der Waals surface area contributed by atoms with E-state index in [1.54, 1.807) is 26.4 Å². The first-order valence-corrected chi connectivity index (χ1v) is 13.9. The number of ether oxygens (including phenoxy) is 2. The number of rotatable bonds is 9. The van der Waals surface area contributed by atoms with Gasteiger partial charge in [-0.05, 0) is 105 Å². The van der Waals surface area contributed by atoms with Crippen LogP contribution in [0.1, 0.15) is 5.56 Å². The summed E-state index contributed by atoms with van der Waals surface area (Å²) in [6.45, 7) is 0. The molecule has 0 saturated carbocycles. The van der Waals surface area contributed by atoms with Crippen molar-refractivity contribution in [3.05, 3.63) is 73.4 Å². The summed E-state index contributed by atoms with van der Waals surface area (Å²) in [6.07, 6.45) is 1.36. The molecule has 12 heteroatoms. The van der Waals surface area contributed by atoms with Crippen molar-refractivity contribution in [2.24, 2.45) is 5.10 Å². The zero-order valence-corrected chi connectivity index (χ0v) is 24.8. The third kappa shape index (κ3) is 6.54. The molecule has 190 valence electrons. The van der Waals surface area contributed by atoms with Gasteiger partial charge in [-0.1, -0.05) is 23.9 Å². The van der Waals surface area contributed by atoms with E-state index in [2.05, 4.69) is 43.3 Å². The SMILES string of the molecule is COc1ccc(-c2[nH]nc(SCC(=O)N/N=C/c3cc(I)cc(I)c3[O-])[n+]2-c2ccccc2)cc1OC. The number of hydrogen-bond donors (Lipinski definition) is 2. The van der Waals surface area contributed by atoms with Crippen LogP contribution in [0.3, 0.4) is 0 Å². The van der Waals surface area contributed by atoms with Crippen LogP contribution in [-0.2, 0) is 4.79 Å². The second-order valence-corrected chi connectivity index (χ2v) is 10.8. The van der Waals surface area contributed by atoms with E-state index >= 15 is 0 Å². The summed E-state index contributed by atoms with van der Waals surface area (Å²) in [4.78, 5) is 12.5. The van der Waals surface area contributed by atoms with Gasteiger partial charge in [0.2, 0.25) is 0 Å². The van der Waals surface area contributed by atoms with E-state index in [9.17, 15) is 9.90 Å². The van der Waals surface area contributed by atoms with E-state index in [1.807, 2.05) is 75.7 Å². The van der Waals surface area contributed by atoms with Gasteiger partial charge in [0, 0.05) is 7.14 Å². The smallest absolute Gasteiger partial charge is 0.342 e. The van der Waals surface area contributed by atoms with Crippen LogP contribution in [0.5, 0.6) is 17.2 Å². The van der Waals surface area contributed by atoms with Crippen LogP contribution in [0.25, 0.3) is 17.1 Å². The Morgan fingerprint density at radius 2 is 1.89 bits per heavy atom. The van der Waals surface area contributed by atoms with Crippen molar-refractivity contribution in [2.45, 2.75) is 5.16 Å². The third-order valence-corrected chi connectivity index (χ3v) is 7.47. The Morgan fingerprint density at radius 3 is 2.62 bits per heavy atom. The minimum Gasteiger partial charge on any atom is -0.871 e. The predicted molar refractivity (Wildman–Crippen MR) is 156 cm³/mol. The van der Waals surface area contributed by atoms with Crippen LogP contribution in [0.2, 0.25) is 0 Å². The Labute approximate surface area is 244 Å². The van der Waals surface area contributed by atoms with Crippen LogP contribution in [0, 0.1) is 7.14 Å². The van der Waals surface area contributed by atoms with E-state index in [4.69, 9.17) is 9.47 Å². The molecule has 1 amide bonds. The molecule has 0 unspecified atom stereocenters. The molecule has 1 aromatic heterocycles. The molecule has 0 bridgehead atoms. The van der Waals surface area contributed by atoms with Crippen molar-refractivity contribution >= 4 is 69.1 Å². The highest BCUT2D eigenvalue weighted by Gasteiger charge is 2.25. The number of carbonyl (C=O) groups is 1. The Hall–Kier alpha value is -2.85. The van der Waals surface area contributed by atoms with Crippen LogP contribution in [0.4, 0.5) is 0 Å². The van der Waals surface area contributed by atoms with Crippen molar-refractivity contribution in [3.63, 3.8) is 0 Å². The van der Waals surface area contributed by atoms with Crippen molar-refractivity contribution in [3.8, 4) is 34.3 Å². The van der Waals surface area contributed by atoms with Gasteiger partial charge in [0.05, 0.1) is 36.8 Å². The van der Waals surface area contributed by atoms with Crippen LogP contribution in [-0.4, -0.2) is 42.3 Å². The predicted octanol–water partition coefficient (Wildman–Crippen LogP) is 3.90. The van der Waals surface area contributed by atoms with Crippen molar-refractivity contribution in [1.82, 2.24) is 15.6 Å². The molecule has 0 aliphatic carbocycles. The standard InChI is InChI=1S/C25H21I2N5O4S/c1-35-20-9-8-15(11-21(20)36-2)24-30-31-25(32(24)18-6-4-3-5-7-18)37-14-22(33)29-28-13-16-10-17(26)12-19(27)23(16)34/h3-13H,14H2,1-2H3,(H2,28,29,33,34). The van der Waals surface area contributed by atoms with E-state index in [0.717, 1.165) is 14.8 Å². The maximum Gasteiger partial charge on any atom is 0.342 e. The fourth-order valence-electron chi connectivity index (χ4n) is 3.40. The molecule has 0 radical (unpaired) electrons. The number of halogens is 2. The first-order chi connectivity index (χ1) is 17.9. The van der Waals surface area contributed by atoms with E-state index in [1.165, 1.54) is 18.0 Å². The summed E-state index contributed by atoms with van der Waals surface area (Å²) in [5.74, 6) is 1.52. The number of hydrazone groups is 1. The highest BCUT2D eigenvalue weighted by atomic mass is 127. The summed E-state index contributed by atoms with van der Waals surface area (Å²) < 4.78 is 14.3. The van der Waals surface area contributed by atoms with Gasteiger partial charge in [0.15, 0.2) is 11.5 Å². The maximum atomic E-state index is 12.5. The molecule has 1 heterocycles. The Balaban J connectivity index is 1.54. The molecule has 0 saturated heterocycles. The van der Waals surface area contributed by atoms with Crippen molar-refractivity contribution in [2.75, 3.05) is 20.0 Å². The molecule has 0 fully saturated rings. The number of methoxy groups -OCH3 is 2. The lowest BCUT2D eigenvalue weighted by Crippen LogP contribution is -2.34. The number of amides is 1. The van der Waals surface area contributed by atoms with Gasteiger partial charge in [-0.25, -0.2) is 5.43 Å². The Bertz CT molecular complexity index is 1450. The minimum atomic E-state index is -0.329. The number of benzene rings is 3. The lowest BCUT2D eigenvalue weighted by atomic mass is 10.2. The highest BCUT2D eigenvalue weighted by Crippen LogP contribution is 2.31. The summed E-state index contributed by atoms with van der Waals surface area (Å²) in [5, 5.41) is 24.3. The summed E-state index contributed by atoms with van der Waals surface area (Å²) in [6, 6.07) is 18.8. The van der Waals surface area contributed by atoms with Gasteiger partial charge < -0.3 is 14.6 Å². The number of nitrogens with zero attached hydrogens (tertiary/aromatic N) is 3. The van der Waals surface area contributed by atoms with Crippen LogP contribution in [0.15, 0.2) is 70.9 Å². The quantitative estimate of drug-likeness (QED) is 0.0886. The number of carbonyl (C=O) groups excluding carboxylic acids is 1. The van der Waals surface area contributed by atoms with Gasteiger partial charge in [0.25, 0.3) is 11.7 Å². The average molecular weight is 741 g/mol. The maximum absolute atomic E-state index is 12.5. The minimum absolute atomic E-state index is 0.0640. The second kappa shape index (κ2) is 12.6. The molecule has 37 heavy (non-hydrogen) atoms. The molecule has 9 nitrogen and oxygen atoms in total. The molecule has 4 aromatic rings. The normalized spacial score (nSPS) is 11.0. The third-order valence-electron chi connectivity index (χ3n) is 5.11. The lowest BCUT2D eigenvalue weighted by molar-refractivity contribution is -0.625. The monoisotopic (exact) mass is 741 g/mol. The topological polar surface area (TPSA) is 116 Å². The molecule has 0 aliphatic rings. The summed E-state index contributed by atoms with van der Waals surface area (Å²) in [7, 11) is 3.17. The number of para-hydroxylation sites is 1. The fraction of sp³-hybridized carbons (Fsp3) is 0.120. The molecule has 0 spiro atoms. The molecule has 0 aliphatic heterocycles. The molecule has 0 atom stereocenters. The largest absolute Gasteiger partial charge is 0.871 e. The highest BCUT2D eigenvalue weighted by molar-refractivity contribution is 14.1. The summed E-state index contributed by atoms with van der Waals surface area (Å²) >= 11 is 5.37.